The largest absolute Gasteiger partial charge is 0.508 e. The Morgan fingerprint density at radius 2 is 1.42 bits per heavy atom. The van der Waals surface area contributed by atoms with Gasteiger partial charge in [0.15, 0.2) is 5.78 Å². The van der Waals surface area contributed by atoms with Crippen LogP contribution in [0.4, 0.5) is 0 Å². The number of carbonyl (C=O) groups excluding carboxylic acids is 1. The summed E-state index contributed by atoms with van der Waals surface area (Å²) in [5.41, 5.74) is 3.14. The first kappa shape index (κ1) is 24.7. The van der Waals surface area contributed by atoms with Crippen molar-refractivity contribution in [3.63, 3.8) is 0 Å². The monoisotopic (exact) mass is 484 g/mol. The van der Waals surface area contributed by atoms with E-state index in [0.717, 1.165) is 16.7 Å². The number of phenols is 4. The molecule has 0 aromatic heterocycles. The summed E-state index contributed by atoms with van der Waals surface area (Å²) in [5.74, 6) is -0.667. The van der Waals surface area contributed by atoms with E-state index in [4.69, 9.17) is 4.74 Å². The summed E-state index contributed by atoms with van der Waals surface area (Å²) in [6.45, 7) is 0. The number of para-hydroxylation sites is 1. The molecule has 0 aliphatic rings. The third kappa shape index (κ3) is 5.44. The van der Waals surface area contributed by atoms with Crippen LogP contribution in [0, 0.1) is 0 Å². The number of aromatic hydroxyl groups is 4. The molecule has 0 saturated carbocycles. The van der Waals surface area contributed by atoms with Gasteiger partial charge in [0.05, 0.1) is 7.11 Å². The van der Waals surface area contributed by atoms with E-state index in [9.17, 15) is 25.2 Å². The maximum atomic E-state index is 13.1. The molecule has 6 nitrogen and oxygen atoms in total. The summed E-state index contributed by atoms with van der Waals surface area (Å²) in [6.07, 6.45) is 1.07. The fourth-order valence-electron chi connectivity index (χ4n) is 4.27. The van der Waals surface area contributed by atoms with Crippen LogP contribution in [0.1, 0.15) is 44.6 Å². The molecule has 4 N–H and O–H groups in total. The van der Waals surface area contributed by atoms with Crippen LogP contribution in [0.5, 0.6) is 28.7 Å². The molecule has 0 aliphatic heterocycles. The van der Waals surface area contributed by atoms with E-state index >= 15 is 0 Å². The van der Waals surface area contributed by atoms with E-state index in [1.165, 1.54) is 19.2 Å². The summed E-state index contributed by atoms with van der Waals surface area (Å²) in [4.78, 5) is 13.1. The fraction of sp³-hybridized carbons (Fsp3) is 0.167. The van der Waals surface area contributed by atoms with Gasteiger partial charge < -0.3 is 25.2 Å². The molecule has 36 heavy (non-hydrogen) atoms. The topological polar surface area (TPSA) is 107 Å². The first-order chi connectivity index (χ1) is 17.4. The fourth-order valence-corrected chi connectivity index (χ4v) is 4.27. The maximum Gasteiger partial charge on any atom is 0.170 e. The molecule has 184 valence electrons. The van der Waals surface area contributed by atoms with Crippen molar-refractivity contribution in [2.45, 2.75) is 25.7 Å². The van der Waals surface area contributed by atoms with Crippen molar-refractivity contribution < 1.29 is 30.0 Å². The Kier molecular flexibility index (Phi) is 7.44. The number of benzene rings is 4. The Balaban J connectivity index is 1.63. The number of rotatable bonds is 9. The molecule has 0 spiro atoms. The first-order valence-electron chi connectivity index (χ1n) is 11.6. The van der Waals surface area contributed by atoms with Crippen LogP contribution in [-0.4, -0.2) is 33.3 Å². The van der Waals surface area contributed by atoms with Gasteiger partial charge in [-0.3, -0.25) is 4.79 Å². The highest BCUT2D eigenvalue weighted by molar-refractivity contribution is 6.02. The zero-order valence-corrected chi connectivity index (χ0v) is 19.9. The second-order valence-corrected chi connectivity index (χ2v) is 8.65. The molecule has 6 heteroatoms. The number of carbonyl (C=O) groups is 1. The minimum Gasteiger partial charge on any atom is -0.508 e. The number of ether oxygens (including phenoxy) is 1. The second-order valence-electron chi connectivity index (χ2n) is 8.65. The average molecular weight is 485 g/mol. The number of hydrogen-bond donors (Lipinski definition) is 4. The molecular weight excluding hydrogens is 456 g/mol. The Hall–Kier alpha value is -4.45. The predicted molar refractivity (Wildman–Crippen MR) is 137 cm³/mol. The number of ketones is 1. The van der Waals surface area contributed by atoms with Gasteiger partial charge in [-0.2, -0.15) is 0 Å². The molecule has 0 saturated heterocycles. The van der Waals surface area contributed by atoms with Gasteiger partial charge in [0, 0.05) is 30.9 Å². The van der Waals surface area contributed by atoms with Gasteiger partial charge in [-0.05, 0) is 40.8 Å². The summed E-state index contributed by atoms with van der Waals surface area (Å²) >= 11 is 0. The standard InChI is InChI=1S/C30H28O6/c1-36-28-18-27(34)23(30(35)29(28)26(33)14-11-19-7-3-2-4-8-19)17-22-16-20(12-13-25(22)32)15-21-9-5-6-10-24(21)31/h2-10,12-13,16,18,31-32,34-35H,11,14-15,17H2,1H3. The van der Waals surface area contributed by atoms with Crippen LogP contribution < -0.4 is 4.74 Å². The van der Waals surface area contributed by atoms with Gasteiger partial charge >= 0.3 is 0 Å². The number of phenolic OH excluding ortho intramolecular Hbond substituents is 4. The zero-order valence-electron chi connectivity index (χ0n) is 19.9. The van der Waals surface area contributed by atoms with Crippen LogP contribution >= 0.6 is 0 Å². The molecule has 4 aromatic rings. The van der Waals surface area contributed by atoms with E-state index in [0.29, 0.717) is 18.4 Å². The van der Waals surface area contributed by atoms with E-state index in [-0.39, 0.29) is 58.5 Å². The van der Waals surface area contributed by atoms with Gasteiger partial charge in [0.1, 0.15) is 34.3 Å². The van der Waals surface area contributed by atoms with Crippen molar-refractivity contribution in [3.8, 4) is 28.7 Å². The molecule has 0 radical (unpaired) electrons. The van der Waals surface area contributed by atoms with Crippen LogP contribution in [-0.2, 0) is 19.3 Å². The van der Waals surface area contributed by atoms with Crippen molar-refractivity contribution in [1.82, 2.24) is 0 Å². The van der Waals surface area contributed by atoms with Gasteiger partial charge in [0.2, 0.25) is 0 Å². The van der Waals surface area contributed by atoms with Crippen LogP contribution in [0.15, 0.2) is 78.9 Å². The van der Waals surface area contributed by atoms with E-state index < -0.39 is 0 Å². The van der Waals surface area contributed by atoms with E-state index in [2.05, 4.69) is 0 Å². The van der Waals surface area contributed by atoms with Crippen molar-refractivity contribution in [1.29, 1.82) is 0 Å². The van der Waals surface area contributed by atoms with Crippen LogP contribution in [0.3, 0.4) is 0 Å². The summed E-state index contributed by atoms with van der Waals surface area (Å²) in [6, 6.07) is 22.9. The van der Waals surface area contributed by atoms with Crippen LogP contribution in [0.25, 0.3) is 0 Å². The highest BCUT2D eigenvalue weighted by Crippen LogP contribution is 2.41. The number of Topliss-reactive ketones (excluding diaryl/α,β-unsaturated/α-hetero) is 1. The molecule has 0 bridgehead atoms. The number of hydrogen-bond acceptors (Lipinski definition) is 6. The van der Waals surface area contributed by atoms with Crippen molar-refractivity contribution in [2.24, 2.45) is 0 Å². The highest BCUT2D eigenvalue weighted by Gasteiger charge is 2.24. The Bertz CT molecular complexity index is 1380. The lowest BCUT2D eigenvalue weighted by Gasteiger charge is -2.16. The van der Waals surface area contributed by atoms with Crippen molar-refractivity contribution in [3.05, 3.63) is 112 Å². The molecule has 4 rings (SSSR count). The quantitative estimate of drug-likeness (QED) is 0.233. The number of aryl methyl sites for hydroxylation is 1. The molecule has 0 atom stereocenters. The summed E-state index contributed by atoms with van der Waals surface area (Å²) < 4.78 is 5.29. The Labute approximate surface area is 209 Å². The molecular formula is C30H28O6. The molecule has 4 aromatic carbocycles. The molecule has 0 heterocycles. The second kappa shape index (κ2) is 10.9. The smallest absolute Gasteiger partial charge is 0.170 e. The van der Waals surface area contributed by atoms with E-state index in [1.54, 1.807) is 24.3 Å². The van der Waals surface area contributed by atoms with Gasteiger partial charge in [-0.1, -0.05) is 60.7 Å². The van der Waals surface area contributed by atoms with Gasteiger partial charge in [-0.25, -0.2) is 0 Å². The maximum absolute atomic E-state index is 13.1. The molecule has 0 aliphatic carbocycles. The molecule has 0 amide bonds. The molecule has 0 unspecified atom stereocenters. The van der Waals surface area contributed by atoms with E-state index in [1.807, 2.05) is 42.5 Å². The average Bonchev–Trinajstić information content (AvgIpc) is 2.88. The highest BCUT2D eigenvalue weighted by atomic mass is 16.5. The minimum atomic E-state index is -0.365. The lowest BCUT2D eigenvalue weighted by Crippen LogP contribution is -2.07. The number of methoxy groups -OCH3 is 1. The van der Waals surface area contributed by atoms with Crippen LogP contribution in [0.2, 0.25) is 0 Å². The summed E-state index contributed by atoms with van der Waals surface area (Å²) in [7, 11) is 1.37. The zero-order chi connectivity index (χ0) is 25.7. The van der Waals surface area contributed by atoms with Crippen molar-refractivity contribution >= 4 is 5.78 Å². The summed E-state index contributed by atoms with van der Waals surface area (Å²) in [5, 5.41) is 42.3. The van der Waals surface area contributed by atoms with Gasteiger partial charge in [-0.15, -0.1) is 0 Å². The molecule has 0 fully saturated rings. The third-order valence-corrected chi connectivity index (χ3v) is 6.23. The predicted octanol–water partition coefficient (Wildman–Crippen LogP) is 5.51. The normalized spacial score (nSPS) is 10.8. The van der Waals surface area contributed by atoms with Crippen molar-refractivity contribution in [2.75, 3.05) is 7.11 Å². The first-order valence-corrected chi connectivity index (χ1v) is 11.6. The third-order valence-electron chi connectivity index (χ3n) is 6.23. The van der Waals surface area contributed by atoms with Gasteiger partial charge in [0.25, 0.3) is 0 Å². The lowest BCUT2D eigenvalue weighted by molar-refractivity contribution is 0.0977. The Morgan fingerprint density at radius 3 is 2.14 bits per heavy atom. The Morgan fingerprint density at radius 1 is 0.722 bits per heavy atom. The SMILES string of the molecule is COc1cc(O)c(Cc2cc(Cc3ccccc3O)ccc2O)c(O)c1C(=O)CCc1ccccc1. The minimum absolute atomic E-state index is 0.00563. The lowest BCUT2D eigenvalue weighted by atomic mass is 9.93.